The van der Waals surface area contributed by atoms with E-state index in [1.165, 1.54) is 0 Å². The van der Waals surface area contributed by atoms with Gasteiger partial charge in [-0.15, -0.1) is 0 Å². The third-order valence-electron chi connectivity index (χ3n) is 2.65. The van der Waals surface area contributed by atoms with Crippen molar-refractivity contribution >= 4 is 34.5 Å². The maximum atomic E-state index is 10.6. The Balaban J connectivity index is -0.000000299. The Hall–Kier alpha value is -0.410. The molecule has 134 valence electrons. The fourth-order valence-electron chi connectivity index (χ4n) is 1.59. The van der Waals surface area contributed by atoms with Crippen molar-refractivity contribution in [2.75, 3.05) is 19.0 Å². The second-order valence-corrected chi connectivity index (χ2v) is 6.02. The molecule has 22 heavy (non-hydrogen) atoms. The number of aliphatic carboxylic acids is 2. The minimum atomic E-state index is -0.913. The van der Waals surface area contributed by atoms with Gasteiger partial charge in [-0.25, -0.2) is 0 Å². The van der Waals surface area contributed by atoms with E-state index in [1.54, 1.807) is 19.0 Å². The van der Waals surface area contributed by atoms with Gasteiger partial charge in [-0.05, 0) is 43.7 Å². The van der Waals surface area contributed by atoms with Crippen LogP contribution in [-0.2, 0) is 9.59 Å². The van der Waals surface area contributed by atoms with Gasteiger partial charge < -0.3 is 15.9 Å². The van der Waals surface area contributed by atoms with Crippen LogP contribution < -0.4 is 5.73 Å². The molecule has 7 heteroatoms. The molecule has 0 spiro atoms. The molecule has 0 aliphatic heterocycles. The summed E-state index contributed by atoms with van der Waals surface area (Å²) in [5.41, 5.74) is 5.22. The highest BCUT2D eigenvalue weighted by atomic mass is 127. The SMILES string of the molecule is CC(C)C[C@@H](C(=O)O)N(C)C.CC(C)C[C@H](N)C(=O)O.CI. The van der Waals surface area contributed by atoms with Gasteiger partial charge in [-0.1, -0.05) is 50.3 Å². The average molecular weight is 432 g/mol. The van der Waals surface area contributed by atoms with Gasteiger partial charge in [0.1, 0.15) is 12.1 Å². The fourth-order valence-corrected chi connectivity index (χ4v) is 1.59. The number of alkyl halides is 1. The highest BCUT2D eigenvalue weighted by Crippen LogP contribution is 2.08. The third kappa shape index (κ3) is 17.6. The summed E-state index contributed by atoms with van der Waals surface area (Å²) in [5, 5.41) is 17.1. The van der Waals surface area contributed by atoms with Crippen molar-refractivity contribution in [3.05, 3.63) is 0 Å². The first-order valence-electron chi connectivity index (χ1n) is 7.24. The summed E-state index contributed by atoms with van der Waals surface area (Å²) in [6.45, 7) is 7.95. The molecule has 0 aliphatic rings. The van der Waals surface area contributed by atoms with Crippen molar-refractivity contribution in [2.24, 2.45) is 17.6 Å². The first-order chi connectivity index (χ1) is 9.98. The standard InChI is InChI=1S/C8H17NO2.C6H13NO2.CH3I/c1-6(2)5-7(8(10)11)9(3)4;1-4(2)3-5(7)6(8)9;1-2/h6-7H,5H2,1-4H3,(H,10,11);4-5H,3,7H2,1-2H3,(H,8,9);1H3/t7-;5-;/m00./s1. The maximum Gasteiger partial charge on any atom is 0.320 e. The lowest BCUT2D eigenvalue weighted by Crippen LogP contribution is -2.36. The first-order valence-corrected chi connectivity index (χ1v) is 9.40. The zero-order chi connectivity index (χ0) is 18.5. The van der Waals surface area contributed by atoms with Crippen molar-refractivity contribution in [3.63, 3.8) is 0 Å². The van der Waals surface area contributed by atoms with Crippen LogP contribution in [0.25, 0.3) is 0 Å². The summed E-state index contributed by atoms with van der Waals surface area (Å²) in [6, 6.07) is -1.03. The van der Waals surface area contributed by atoms with Crippen molar-refractivity contribution in [3.8, 4) is 0 Å². The molecule has 0 aromatic rings. The van der Waals surface area contributed by atoms with E-state index < -0.39 is 18.0 Å². The van der Waals surface area contributed by atoms with Crippen LogP contribution in [0.15, 0.2) is 0 Å². The molecule has 0 aromatic heterocycles. The van der Waals surface area contributed by atoms with Gasteiger partial charge in [0.15, 0.2) is 0 Å². The number of likely N-dealkylation sites (N-methyl/N-ethyl adjacent to an activating group) is 1. The molecular formula is C15H33IN2O4. The third-order valence-corrected chi connectivity index (χ3v) is 2.65. The molecule has 0 unspecified atom stereocenters. The van der Waals surface area contributed by atoms with Crippen LogP contribution >= 0.6 is 22.6 Å². The van der Waals surface area contributed by atoms with Gasteiger partial charge in [0, 0.05) is 0 Å². The van der Waals surface area contributed by atoms with E-state index in [-0.39, 0.29) is 6.04 Å². The van der Waals surface area contributed by atoms with Gasteiger partial charge in [0.05, 0.1) is 0 Å². The van der Waals surface area contributed by atoms with Gasteiger partial charge in [0.25, 0.3) is 0 Å². The topological polar surface area (TPSA) is 104 Å². The van der Waals surface area contributed by atoms with Crippen molar-refractivity contribution in [1.29, 1.82) is 0 Å². The summed E-state index contributed by atoms with van der Waals surface area (Å²) in [6.07, 6.45) is 1.26. The second-order valence-electron chi connectivity index (χ2n) is 6.02. The van der Waals surface area contributed by atoms with E-state index >= 15 is 0 Å². The molecule has 0 saturated carbocycles. The lowest BCUT2D eigenvalue weighted by Gasteiger charge is -2.21. The van der Waals surface area contributed by atoms with E-state index in [1.807, 2.05) is 32.6 Å². The molecule has 0 amide bonds. The summed E-state index contributed by atoms with van der Waals surface area (Å²) >= 11 is 2.15. The van der Waals surface area contributed by atoms with Crippen LogP contribution in [0.2, 0.25) is 0 Å². The molecule has 0 fully saturated rings. The molecular weight excluding hydrogens is 399 g/mol. The zero-order valence-electron chi connectivity index (χ0n) is 14.8. The van der Waals surface area contributed by atoms with E-state index in [9.17, 15) is 9.59 Å². The van der Waals surface area contributed by atoms with Crippen LogP contribution in [-0.4, -0.2) is 58.2 Å². The highest BCUT2D eigenvalue weighted by molar-refractivity contribution is 14.1. The molecule has 0 bridgehead atoms. The molecule has 0 radical (unpaired) electrons. The predicted molar refractivity (Wildman–Crippen MR) is 99.6 cm³/mol. The first kappa shape index (κ1) is 26.5. The van der Waals surface area contributed by atoms with Crippen LogP contribution in [0.4, 0.5) is 0 Å². The molecule has 0 heterocycles. The fraction of sp³-hybridized carbons (Fsp3) is 0.867. The number of nitrogens with zero attached hydrogens (tertiary/aromatic N) is 1. The largest absolute Gasteiger partial charge is 0.480 e. The quantitative estimate of drug-likeness (QED) is 0.422. The average Bonchev–Trinajstić information content (AvgIpc) is 2.37. The number of halogens is 1. The van der Waals surface area contributed by atoms with E-state index in [4.69, 9.17) is 15.9 Å². The van der Waals surface area contributed by atoms with Crippen LogP contribution in [0.5, 0.6) is 0 Å². The Labute approximate surface area is 148 Å². The number of carboxylic acids is 2. The molecule has 0 aromatic carbocycles. The van der Waals surface area contributed by atoms with Crippen LogP contribution in [0, 0.1) is 11.8 Å². The number of hydrogen-bond acceptors (Lipinski definition) is 4. The predicted octanol–water partition coefficient (Wildman–Crippen LogP) is 2.54. The van der Waals surface area contributed by atoms with Crippen molar-refractivity contribution in [2.45, 2.75) is 52.6 Å². The number of nitrogens with two attached hydrogens (primary N) is 1. The molecule has 2 atom stereocenters. The molecule has 0 rings (SSSR count). The molecule has 0 saturated heterocycles. The van der Waals surface area contributed by atoms with Crippen LogP contribution in [0.1, 0.15) is 40.5 Å². The molecule has 4 N–H and O–H groups in total. The molecule has 0 aliphatic carbocycles. The van der Waals surface area contributed by atoms with E-state index in [2.05, 4.69) is 22.6 Å². The van der Waals surface area contributed by atoms with Crippen molar-refractivity contribution in [1.82, 2.24) is 4.90 Å². The van der Waals surface area contributed by atoms with Crippen molar-refractivity contribution < 1.29 is 19.8 Å². The van der Waals surface area contributed by atoms with E-state index in [0.29, 0.717) is 24.7 Å². The lowest BCUT2D eigenvalue weighted by molar-refractivity contribution is -0.143. The maximum absolute atomic E-state index is 10.6. The van der Waals surface area contributed by atoms with Gasteiger partial charge in [-0.3, -0.25) is 14.5 Å². The van der Waals surface area contributed by atoms with E-state index in [0.717, 1.165) is 0 Å². The Morgan fingerprint density at radius 1 is 0.955 bits per heavy atom. The Morgan fingerprint density at radius 3 is 1.41 bits per heavy atom. The Kier molecular flexibility index (Phi) is 18.6. The number of carboxylic acid groups (broad SMARTS) is 2. The smallest absolute Gasteiger partial charge is 0.320 e. The number of rotatable bonds is 7. The van der Waals surface area contributed by atoms with Gasteiger partial charge in [-0.2, -0.15) is 0 Å². The number of hydrogen-bond donors (Lipinski definition) is 3. The summed E-state index contributed by atoms with van der Waals surface area (Å²) in [7, 11) is 3.59. The van der Waals surface area contributed by atoms with Crippen LogP contribution in [0.3, 0.4) is 0 Å². The normalized spacial score (nSPS) is 12.9. The summed E-state index contributed by atoms with van der Waals surface area (Å²) in [4.78, 5) is 24.5. The Morgan fingerprint density at radius 2 is 1.32 bits per heavy atom. The number of carbonyl (C=O) groups is 2. The Bertz CT molecular complexity index is 297. The summed E-state index contributed by atoms with van der Waals surface area (Å²) in [5.74, 6) is -0.859. The van der Waals surface area contributed by atoms with Gasteiger partial charge >= 0.3 is 11.9 Å². The van der Waals surface area contributed by atoms with Gasteiger partial charge in [0.2, 0.25) is 0 Å². The lowest BCUT2D eigenvalue weighted by atomic mass is 10.0. The minimum absolute atomic E-state index is 0.338. The highest BCUT2D eigenvalue weighted by Gasteiger charge is 2.20. The second kappa shape index (κ2) is 15.5. The zero-order valence-corrected chi connectivity index (χ0v) is 17.0. The summed E-state index contributed by atoms with van der Waals surface area (Å²) < 4.78 is 0. The monoisotopic (exact) mass is 432 g/mol. The minimum Gasteiger partial charge on any atom is -0.480 e. The molecule has 6 nitrogen and oxygen atoms in total.